The molecule has 1 heterocycles. The summed E-state index contributed by atoms with van der Waals surface area (Å²) in [5.74, 6) is -0.436. The van der Waals surface area contributed by atoms with Crippen LogP contribution in [-0.2, 0) is 19.4 Å². The Morgan fingerprint density at radius 1 is 1.35 bits per heavy atom. The SMILES string of the molecule is CCc1nn(Cc2ccc(F)c(Cl)c2)c(CC)c1C=O. The highest BCUT2D eigenvalue weighted by Crippen LogP contribution is 2.19. The van der Waals surface area contributed by atoms with E-state index in [0.717, 1.165) is 29.7 Å². The summed E-state index contributed by atoms with van der Waals surface area (Å²) >= 11 is 5.78. The molecular weight excluding hydrogens is 279 g/mol. The van der Waals surface area contributed by atoms with Crippen LogP contribution in [0.1, 0.15) is 41.2 Å². The van der Waals surface area contributed by atoms with Crippen LogP contribution in [0, 0.1) is 5.82 Å². The van der Waals surface area contributed by atoms with Crippen molar-refractivity contribution in [3.05, 3.63) is 51.6 Å². The van der Waals surface area contributed by atoms with Crippen molar-refractivity contribution >= 4 is 17.9 Å². The fraction of sp³-hybridized carbons (Fsp3) is 0.333. The normalized spacial score (nSPS) is 10.8. The first-order valence-corrected chi connectivity index (χ1v) is 6.96. The molecule has 0 saturated heterocycles. The second kappa shape index (κ2) is 6.18. The second-order valence-electron chi connectivity index (χ2n) is 4.54. The molecule has 3 nitrogen and oxygen atoms in total. The number of halogens is 2. The number of hydrogen-bond donors (Lipinski definition) is 0. The van der Waals surface area contributed by atoms with Crippen molar-refractivity contribution in [2.45, 2.75) is 33.2 Å². The fourth-order valence-corrected chi connectivity index (χ4v) is 2.48. The minimum Gasteiger partial charge on any atom is -0.298 e. The Morgan fingerprint density at radius 2 is 2.10 bits per heavy atom. The molecule has 106 valence electrons. The summed E-state index contributed by atoms with van der Waals surface area (Å²) in [6.45, 7) is 4.43. The number of rotatable bonds is 5. The van der Waals surface area contributed by atoms with Crippen LogP contribution in [0.2, 0.25) is 5.02 Å². The van der Waals surface area contributed by atoms with E-state index in [1.54, 1.807) is 16.8 Å². The summed E-state index contributed by atoms with van der Waals surface area (Å²) < 4.78 is 15.0. The minimum absolute atomic E-state index is 0.0963. The van der Waals surface area contributed by atoms with E-state index >= 15 is 0 Å². The maximum atomic E-state index is 13.2. The summed E-state index contributed by atoms with van der Waals surface area (Å²) in [6, 6.07) is 4.60. The summed E-state index contributed by atoms with van der Waals surface area (Å²) in [7, 11) is 0. The molecule has 1 aromatic carbocycles. The van der Waals surface area contributed by atoms with Gasteiger partial charge in [0.1, 0.15) is 5.82 Å². The van der Waals surface area contributed by atoms with Gasteiger partial charge in [-0.2, -0.15) is 5.10 Å². The van der Waals surface area contributed by atoms with Crippen molar-refractivity contribution in [2.75, 3.05) is 0 Å². The van der Waals surface area contributed by atoms with Gasteiger partial charge in [0.25, 0.3) is 0 Å². The monoisotopic (exact) mass is 294 g/mol. The van der Waals surface area contributed by atoms with Crippen molar-refractivity contribution in [3.8, 4) is 0 Å². The Labute approximate surface area is 122 Å². The topological polar surface area (TPSA) is 34.9 Å². The first kappa shape index (κ1) is 14.7. The zero-order valence-electron chi connectivity index (χ0n) is 11.5. The predicted molar refractivity (Wildman–Crippen MR) is 76.9 cm³/mol. The molecule has 2 rings (SSSR count). The molecule has 5 heteroatoms. The Balaban J connectivity index is 2.39. The zero-order chi connectivity index (χ0) is 14.7. The van der Waals surface area contributed by atoms with Gasteiger partial charge in [-0.05, 0) is 30.5 Å². The molecule has 0 unspecified atom stereocenters. The van der Waals surface area contributed by atoms with E-state index in [2.05, 4.69) is 5.10 Å². The molecule has 0 fully saturated rings. The van der Waals surface area contributed by atoms with Crippen LogP contribution in [0.3, 0.4) is 0 Å². The first-order valence-electron chi connectivity index (χ1n) is 6.58. The van der Waals surface area contributed by atoms with Crippen LogP contribution in [0.25, 0.3) is 0 Å². The molecule has 20 heavy (non-hydrogen) atoms. The van der Waals surface area contributed by atoms with Gasteiger partial charge in [0, 0.05) is 5.69 Å². The van der Waals surface area contributed by atoms with Crippen molar-refractivity contribution < 1.29 is 9.18 Å². The molecule has 0 aliphatic rings. The van der Waals surface area contributed by atoms with Crippen molar-refractivity contribution in [1.29, 1.82) is 0 Å². The number of nitrogens with zero attached hydrogens (tertiary/aromatic N) is 2. The number of carbonyl (C=O) groups excluding carboxylic acids is 1. The quantitative estimate of drug-likeness (QED) is 0.789. The molecule has 1 aromatic heterocycles. The van der Waals surface area contributed by atoms with Gasteiger partial charge in [-0.15, -0.1) is 0 Å². The number of aryl methyl sites for hydroxylation is 1. The molecule has 0 bridgehead atoms. The van der Waals surface area contributed by atoms with Crippen molar-refractivity contribution in [2.24, 2.45) is 0 Å². The van der Waals surface area contributed by atoms with Gasteiger partial charge in [-0.3, -0.25) is 9.48 Å². The molecule has 2 aromatic rings. The maximum absolute atomic E-state index is 13.2. The summed E-state index contributed by atoms with van der Waals surface area (Å²) in [6.07, 6.45) is 2.28. The Hall–Kier alpha value is -1.68. The third-order valence-corrected chi connectivity index (χ3v) is 3.57. The van der Waals surface area contributed by atoms with Gasteiger partial charge < -0.3 is 0 Å². The molecule has 0 atom stereocenters. The second-order valence-corrected chi connectivity index (χ2v) is 4.95. The molecule has 0 amide bonds. The fourth-order valence-electron chi connectivity index (χ4n) is 2.28. The first-order chi connectivity index (χ1) is 9.60. The Kier molecular flexibility index (Phi) is 4.55. The maximum Gasteiger partial charge on any atom is 0.153 e. The van der Waals surface area contributed by atoms with Crippen LogP contribution in [-0.4, -0.2) is 16.1 Å². The lowest BCUT2D eigenvalue weighted by Gasteiger charge is -2.07. The molecular formula is C15H16ClFN2O. The number of aromatic nitrogens is 2. The van der Waals surface area contributed by atoms with E-state index in [1.165, 1.54) is 6.07 Å². The van der Waals surface area contributed by atoms with Gasteiger partial charge >= 0.3 is 0 Å². The number of carbonyl (C=O) groups is 1. The van der Waals surface area contributed by atoms with Gasteiger partial charge in [0.15, 0.2) is 6.29 Å². The van der Waals surface area contributed by atoms with Gasteiger partial charge in [0.05, 0.1) is 22.8 Å². The summed E-state index contributed by atoms with van der Waals surface area (Å²) in [5, 5.41) is 4.56. The highest BCUT2D eigenvalue weighted by Gasteiger charge is 2.15. The Morgan fingerprint density at radius 3 is 2.65 bits per heavy atom. The van der Waals surface area contributed by atoms with E-state index in [-0.39, 0.29) is 5.02 Å². The lowest BCUT2D eigenvalue weighted by Crippen LogP contribution is -2.07. The van der Waals surface area contributed by atoms with Crippen molar-refractivity contribution in [1.82, 2.24) is 9.78 Å². The predicted octanol–water partition coefficient (Wildman–Crippen LogP) is 3.66. The third kappa shape index (κ3) is 2.75. The Bertz CT molecular complexity index is 637. The van der Waals surface area contributed by atoms with Crippen LogP contribution in [0.5, 0.6) is 0 Å². The standard InChI is InChI=1S/C15H16ClFN2O/c1-3-14-11(9-20)15(4-2)19(18-14)8-10-5-6-13(17)12(16)7-10/h5-7,9H,3-4,8H2,1-2H3. The molecule has 0 aliphatic carbocycles. The minimum atomic E-state index is -0.436. The number of hydrogen-bond acceptors (Lipinski definition) is 2. The summed E-state index contributed by atoms with van der Waals surface area (Å²) in [4.78, 5) is 11.2. The third-order valence-electron chi connectivity index (χ3n) is 3.28. The zero-order valence-corrected chi connectivity index (χ0v) is 12.2. The molecule has 0 radical (unpaired) electrons. The van der Waals surface area contributed by atoms with E-state index in [4.69, 9.17) is 11.6 Å². The smallest absolute Gasteiger partial charge is 0.153 e. The van der Waals surface area contributed by atoms with E-state index in [1.807, 2.05) is 13.8 Å². The van der Waals surface area contributed by atoms with Gasteiger partial charge in [0.2, 0.25) is 0 Å². The van der Waals surface area contributed by atoms with Crippen LogP contribution < -0.4 is 0 Å². The van der Waals surface area contributed by atoms with Crippen LogP contribution in [0.15, 0.2) is 18.2 Å². The molecule has 0 spiro atoms. The van der Waals surface area contributed by atoms with E-state index < -0.39 is 5.82 Å². The lowest BCUT2D eigenvalue weighted by atomic mass is 10.1. The average Bonchev–Trinajstić information content (AvgIpc) is 2.79. The number of benzene rings is 1. The van der Waals surface area contributed by atoms with Gasteiger partial charge in [-0.25, -0.2) is 4.39 Å². The largest absolute Gasteiger partial charge is 0.298 e. The molecule has 0 saturated carbocycles. The summed E-state index contributed by atoms with van der Waals surface area (Å²) in [5.41, 5.74) is 3.22. The molecule has 0 N–H and O–H groups in total. The van der Waals surface area contributed by atoms with Crippen molar-refractivity contribution in [3.63, 3.8) is 0 Å². The highest BCUT2D eigenvalue weighted by molar-refractivity contribution is 6.30. The lowest BCUT2D eigenvalue weighted by molar-refractivity contribution is 0.112. The van der Waals surface area contributed by atoms with Gasteiger partial charge in [-0.1, -0.05) is 31.5 Å². The van der Waals surface area contributed by atoms with E-state index in [0.29, 0.717) is 18.5 Å². The van der Waals surface area contributed by atoms with Crippen LogP contribution >= 0.6 is 11.6 Å². The number of aldehydes is 1. The van der Waals surface area contributed by atoms with Crippen LogP contribution in [0.4, 0.5) is 4.39 Å². The van der Waals surface area contributed by atoms with E-state index in [9.17, 15) is 9.18 Å². The highest BCUT2D eigenvalue weighted by atomic mass is 35.5. The molecule has 0 aliphatic heterocycles. The average molecular weight is 295 g/mol.